The summed E-state index contributed by atoms with van der Waals surface area (Å²) in [7, 11) is 0.636. The number of carbonyl (C=O) groups excluding carboxylic acids is 1. The first-order valence-electron chi connectivity index (χ1n) is 11.5. The normalized spacial score (nSPS) is 16.3. The summed E-state index contributed by atoms with van der Waals surface area (Å²) in [6.07, 6.45) is 2.59. The Morgan fingerprint density at radius 1 is 1.12 bits per heavy atom. The summed E-state index contributed by atoms with van der Waals surface area (Å²) in [5, 5.41) is 14.0. The molecule has 1 fully saturated rings. The number of aliphatic imine (C=N–C) groups is 1. The molecule has 1 aliphatic rings. The molecule has 33 heavy (non-hydrogen) atoms. The van der Waals surface area contributed by atoms with Gasteiger partial charge in [0.2, 0.25) is 0 Å². The van der Waals surface area contributed by atoms with Crippen LogP contribution in [0.3, 0.4) is 0 Å². The fraction of sp³-hybridized carbons (Fsp3) is 0.440. The van der Waals surface area contributed by atoms with Gasteiger partial charge in [-0.15, -0.1) is 0 Å². The maximum atomic E-state index is 12.3. The molecule has 3 rings (SSSR count). The van der Waals surface area contributed by atoms with Gasteiger partial charge in [-0.25, -0.2) is 4.79 Å². The summed E-state index contributed by atoms with van der Waals surface area (Å²) in [5.41, 5.74) is 2.04. The van der Waals surface area contributed by atoms with Crippen molar-refractivity contribution in [2.75, 3.05) is 26.2 Å². The number of hydrogen-bond acceptors (Lipinski definition) is 6. The summed E-state index contributed by atoms with van der Waals surface area (Å²) in [6.45, 7) is 2.79. The summed E-state index contributed by atoms with van der Waals surface area (Å²) in [4.78, 5) is 18.3. The van der Waals surface area contributed by atoms with Gasteiger partial charge in [-0.1, -0.05) is 30.3 Å². The van der Waals surface area contributed by atoms with Crippen molar-refractivity contribution in [1.29, 1.82) is 0 Å². The first-order chi connectivity index (χ1) is 16.2. The van der Waals surface area contributed by atoms with Crippen molar-refractivity contribution in [3.8, 4) is 0 Å². The van der Waals surface area contributed by atoms with E-state index in [0.717, 1.165) is 30.5 Å². The van der Waals surface area contributed by atoms with Crippen LogP contribution in [0.1, 0.15) is 24.0 Å². The van der Waals surface area contributed by atoms with Crippen molar-refractivity contribution in [2.24, 2.45) is 10.9 Å². The number of benzene rings is 2. The summed E-state index contributed by atoms with van der Waals surface area (Å²) in [6, 6.07) is 19.1. The van der Waals surface area contributed by atoms with Crippen LogP contribution in [0.4, 0.5) is 4.79 Å². The molecule has 2 N–H and O–H groups in total. The van der Waals surface area contributed by atoms with Crippen molar-refractivity contribution < 1.29 is 19.3 Å². The zero-order valence-electron chi connectivity index (χ0n) is 18.9. The Labute approximate surface area is 196 Å². The minimum absolute atomic E-state index is 0.266. The quantitative estimate of drug-likeness (QED) is 0.407. The van der Waals surface area contributed by atoms with Gasteiger partial charge in [0.1, 0.15) is 6.61 Å². The van der Waals surface area contributed by atoms with Gasteiger partial charge in [0.15, 0.2) is 0 Å². The number of amides is 1. The fourth-order valence-corrected chi connectivity index (χ4v) is 3.99. The number of aliphatic hydroxyl groups is 1. The number of nitrogens with one attached hydrogen (secondary N) is 1. The van der Waals surface area contributed by atoms with E-state index in [1.165, 1.54) is 6.11 Å². The number of ether oxygens (including phenoxy) is 1. The first-order valence-corrected chi connectivity index (χ1v) is 11.5. The zero-order chi connectivity index (χ0) is 23.3. The van der Waals surface area contributed by atoms with Gasteiger partial charge in [-0.05, 0) is 5.56 Å². The summed E-state index contributed by atoms with van der Waals surface area (Å²) >= 11 is 0. The zero-order valence-corrected chi connectivity index (χ0v) is 18.9. The maximum absolute atomic E-state index is 12.3. The first kappa shape index (κ1) is 24.8. The van der Waals surface area contributed by atoms with Crippen LogP contribution >= 0.6 is 0 Å². The van der Waals surface area contributed by atoms with Crippen molar-refractivity contribution in [3.63, 3.8) is 0 Å². The van der Waals surface area contributed by atoms with Gasteiger partial charge in [0.25, 0.3) is 0 Å². The Balaban J connectivity index is 1.36. The van der Waals surface area contributed by atoms with Crippen molar-refractivity contribution in [1.82, 2.24) is 10.2 Å². The number of nitrogens with zero attached hydrogens (tertiary/aromatic N) is 2. The number of aliphatic hydroxyl groups excluding tert-OH is 1. The summed E-state index contributed by atoms with van der Waals surface area (Å²) in [5.74, 6) is 0.432. The number of carbonyl (C=O) groups is 1. The van der Waals surface area contributed by atoms with E-state index >= 15 is 0 Å². The molecule has 8 heteroatoms. The van der Waals surface area contributed by atoms with Gasteiger partial charge in [-0.3, -0.25) is 0 Å². The molecular weight excluding hydrogens is 417 g/mol. The SMILES string of the molecule is O=B/C=N/C(Cc1ccccc1)C(O)CNCC1CCN(C(=O)OCc2ccccc2)CC1. The molecule has 0 radical (unpaired) electrons. The average Bonchev–Trinajstić information content (AvgIpc) is 2.86. The molecule has 1 heterocycles. The number of likely N-dealkylation sites (tertiary alicyclic amines) is 1. The van der Waals surface area contributed by atoms with Gasteiger partial charge >= 0.3 is 144 Å². The second kappa shape index (κ2) is 13.7. The number of rotatable bonds is 11. The van der Waals surface area contributed by atoms with Gasteiger partial charge < -0.3 is 4.74 Å². The second-order valence-electron chi connectivity index (χ2n) is 8.39. The van der Waals surface area contributed by atoms with Crippen molar-refractivity contribution >= 4 is 19.4 Å². The van der Waals surface area contributed by atoms with Crippen molar-refractivity contribution in [2.45, 2.75) is 38.0 Å². The number of piperidine rings is 1. The van der Waals surface area contributed by atoms with E-state index in [-0.39, 0.29) is 18.7 Å². The van der Waals surface area contributed by atoms with Gasteiger partial charge in [0, 0.05) is 0 Å². The standard InChI is InChI=1S/C25H32BN3O4/c30-24(23(28-19-26-32)15-20-7-3-1-4-8-20)17-27-16-21-11-13-29(14-12-21)25(31)33-18-22-9-5-2-6-10-22/h1-10,19,21,23-24,27,30H,11-18H2/b28-19+. The van der Waals surface area contributed by atoms with E-state index in [2.05, 4.69) is 10.3 Å². The van der Waals surface area contributed by atoms with Crippen LogP contribution in [-0.2, 0) is 22.5 Å². The van der Waals surface area contributed by atoms with Crippen LogP contribution in [0.2, 0.25) is 0 Å². The molecule has 2 aromatic carbocycles. The monoisotopic (exact) mass is 449 g/mol. The third-order valence-electron chi connectivity index (χ3n) is 5.93. The van der Waals surface area contributed by atoms with Gasteiger partial charge in [-0.2, -0.15) is 0 Å². The third-order valence-corrected chi connectivity index (χ3v) is 5.93. The van der Waals surface area contributed by atoms with Crippen LogP contribution in [0, 0.1) is 5.92 Å². The third kappa shape index (κ3) is 8.55. The fourth-order valence-electron chi connectivity index (χ4n) is 3.99. The van der Waals surface area contributed by atoms with Crippen LogP contribution in [0.25, 0.3) is 0 Å². The van der Waals surface area contributed by atoms with E-state index in [9.17, 15) is 14.6 Å². The Hall–Kier alpha value is -2.84. The van der Waals surface area contributed by atoms with Gasteiger partial charge in [0.05, 0.1) is 0 Å². The van der Waals surface area contributed by atoms with E-state index < -0.39 is 6.10 Å². The molecule has 1 amide bonds. The van der Waals surface area contributed by atoms with E-state index in [1.54, 1.807) is 4.90 Å². The predicted octanol–water partition coefficient (Wildman–Crippen LogP) is 2.68. The molecular formula is C25H32BN3O4. The van der Waals surface area contributed by atoms with Crippen molar-refractivity contribution in [3.05, 3.63) is 71.8 Å². The Morgan fingerprint density at radius 2 is 1.76 bits per heavy atom. The Kier molecular flexibility index (Phi) is 10.3. The Bertz CT molecular complexity index is 874. The van der Waals surface area contributed by atoms with E-state index in [1.807, 2.05) is 60.7 Å². The predicted molar refractivity (Wildman–Crippen MR) is 129 cm³/mol. The molecule has 7 nitrogen and oxygen atoms in total. The molecule has 174 valence electrons. The van der Waals surface area contributed by atoms with E-state index in [4.69, 9.17) is 4.74 Å². The minimum atomic E-state index is -0.700. The molecule has 2 aromatic rings. The summed E-state index contributed by atoms with van der Waals surface area (Å²) < 4.78 is 16.1. The van der Waals surface area contributed by atoms with Crippen LogP contribution < -0.4 is 5.32 Å². The molecule has 0 aliphatic carbocycles. The van der Waals surface area contributed by atoms with E-state index in [0.29, 0.717) is 39.1 Å². The molecule has 2 atom stereocenters. The average molecular weight is 449 g/mol. The molecule has 0 bridgehead atoms. The molecule has 1 aliphatic heterocycles. The number of hydrogen-bond donors (Lipinski definition) is 2. The molecule has 0 aromatic heterocycles. The Morgan fingerprint density at radius 3 is 2.39 bits per heavy atom. The molecule has 1 saturated heterocycles. The molecule has 2 unspecified atom stereocenters. The topological polar surface area (TPSA) is 91.2 Å². The van der Waals surface area contributed by atoms with Crippen LogP contribution in [0.5, 0.6) is 0 Å². The second-order valence-corrected chi connectivity index (χ2v) is 8.39. The van der Waals surface area contributed by atoms with Crippen LogP contribution in [-0.4, -0.2) is 67.7 Å². The van der Waals surface area contributed by atoms with Crippen LogP contribution in [0.15, 0.2) is 65.7 Å². The molecule has 0 spiro atoms. The molecule has 0 saturated carbocycles.